The largest absolute Gasteiger partial charge is 0.480 e. The van der Waals surface area contributed by atoms with Crippen molar-refractivity contribution in [3.8, 4) is 0 Å². The molecule has 0 bridgehead atoms. The van der Waals surface area contributed by atoms with E-state index >= 15 is 0 Å². The van der Waals surface area contributed by atoms with E-state index < -0.39 is 12.0 Å². The molecule has 1 N–H and O–H groups in total. The van der Waals surface area contributed by atoms with Crippen LogP contribution in [0.3, 0.4) is 0 Å². The molecule has 1 amide bonds. The molecular weight excluding hydrogens is 258 g/mol. The van der Waals surface area contributed by atoms with E-state index in [0.29, 0.717) is 13.0 Å². The Labute approximate surface area is 118 Å². The Balaban J connectivity index is 2.18. The second-order valence-electron chi connectivity index (χ2n) is 5.21. The van der Waals surface area contributed by atoms with Gasteiger partial charge in [0.2, 0.25) is 5.91 Å². The fraction of sp³-hybridized carbons (Fsp3) is 0.467. The van der Waals surface area contributed by atoms with Crippen molar-refractivity contribution in [3.63, 3.8) is 0 Å². The van der Waals surface area contributed by atoms with Gasteiger partial charge < -0.3 is 14.7 Å². The second-order valence-corrected chi connectivity index (χ2v) is 5.21. The number of carbonyl (C=O) groups excluding carboxylic acids is 1. The molecule has 1 aromatic carbocycles. The van der Waals surface area contributed by atoms with Gasteiger partial charge in [-0.15, -0.1) is 0 Å². The first-order valence-corrected chi connectivity index (χ1v) is 6.69. The Hall–Kier alpha value is -1.88. The molecule has 1 aromatic rings. The van der Waals surface area contributed by atoms with Crippen LogP contribution in [0, 0.1) is 0 Å². The zero-order valence-corrected chi connectivity index (χ0v) is 11.7. The summed E-state index contributed by atoms with van der Waals surface area (Å²) in [6, 6.07) is 6.81. The van der Waals surface area contributed by atoms with Crippen molar-refractivity contribution in [1.29, 1.82) is 0 Å². The van der Waals surface area contributed by atoms with E-state index in [0.717, 1.165) is 11.1 Å². The van der Waals surface area contributed by atoms with Crippen LogP contribution in [-0.4, -0.2) is 40.6 Å². The van der Waals surface area contributed by atoms with E-state index in [1.54, 1.807) is 0 Å². The molecule has 0 aromatic heterocycles. The van der Waals surface area contributed by atoms with Gasteiger partial charge in [-0.3, -0.25) is 4.79 Å². The summed E-state index contributed by atoms with van der Waals surface area (Å²) in [7, 11) is 0. The van der Waals surface area contributed by atoms with Crippen LogP contribution < -0.4 is 0 Å². The molecule has 2 rings (SSSR count). The van der Waals surface area contributed by atoms with Crippen LogP contribution in [0.1, 0.15) is 25.0 Å². The highest BCUT2D eigenvalue weighted by Crippen LogP contribution is 2.23. The lowest BCUT2D eigenvalue weighted by atomic mass is 9.94. The Morgan fingerprint density at radius 2 is 2.00 bits per heavy atom. The SMILES string of the molecule is CC(C)OCC(=O)N1Cc2ccccc2CC1C(=O)O. The molecule has 0 saturated carbocycles. The van der Waals surface area contributed by atoms with Crippen molar-refractivity contribution in [3.05, 3.63) is 35.4 Å². The van der Waals surface area contributed by atoms with Crippen LogP contribution in [0.15, 0.2) is 24.3 Å². The van der Waals surface area contributed by atoms with Crippen molar-refractivity contribution in [2.45, 2.75) is 39.0 Å². The Kier molecular flexibility index (Phi) is 4.39. The van der Waals surface area contributed by atoms with Gasteiger partial charge in [-0.05, 0) is 25.0 Å². The van der Waals surface area contributed by atoms with Gasteiger partial charge in [-0.2, -0.15) is 0 Å². The number of rotatable bonds is 4. The topological polar surface area (TPSA) is 66.8 Å². The average Bonchev–Trinajstić information content (AvgIpc) is 2.43. The van der Waals surface area contributed by atoms with Crippen LogP contribution in [0.5, 0.6) is 0 Å². The van der Waals surface area contributed by atoms with Crippen LogP contribution >= 0.6 is 0 Å². The summed E-state index contributed by atoms with van der Waals surface area (Å²) in [6.07, 6.45) is 0.290. The number of aliphatic carboxylic acids is 1. The zero-order valence-electron chi connectivity index (χ0n) is 11.7. The first-order chi connectivity index (χ1) is 9.49. The maximum Gasteiger partial charge on any atom is 0.326 e. The molecule has 0 fully saturated rings. The minimum Gasteiger partial charge on any atom is -0.480 e. The lowest BCUT2D eigenvalue weighted by Gasteiger charge is -2.34. The van der Waals surface area contributed by atoms with E-state index in [2.05, 4.69) is 0 Å². The van der Waals surface area contributed by atoms with Crippen molar-refractivity contribution in [2.75, 3.05) is 6.61 Å². The summed E-state index contributed by atoms with van der Waals surface area (Å²) in [4.78, 5) is 24.9. The molecule has 5 heteroatoms. The highest BCUT2D eigenvalue weighted by molar-refractivity contribution is 5.85. The fourth-order valence-corrected chi connectivity index (χ4v) is 2.33. The normalized spacial score (nSPS) is 17.9. The number of hydrogen-bond donors (Lipinski definition) is 1. The van der Waals surface area contributed by atoms with Crippen LogP contribution in [0.2, 0.25) is 0 Å². The first kappa shape index (κ1) is 14.5. The van der Waals surface area contributed by atoms with Crippen molar-refractivity contribution < 1.29 is 19.4 Å². The number of ether oxygens (including phenoxy) is 1. The molecule has 0 radical (unpaired) electrons. The van der Waals surface area contributed by atoms with Gasteiger partial charge in [0.05, 0.1) is 6.10 Å². The Morgan fingerprint density at radius 3 is 2.60 bits per heavy atom. The highest BCUT2D eigenvalue weighted by Gasteiger charge is 2.34. The molecule has 0 aliphatic carbocycles. The van der Waals surface area contributed by atoms with Crippen molar-refractivity contribution in [1.82, 2.24) is 4.90 Å². The summed E-state index contributed by atoms with van der Waals surface area (Å²) in [5, 5.41) is 9.33. The van der Waals surface area contributed by atoms with Crippen molar-refractivity contribution in [2.24, 2.45) is 0 Å². The summed E-state index contributed by atoms with van der Waals surface area (Å²) < 4.78 is 5.29. The summed E-state index contributed by atoms with van der Waals surface area (Å²) >= 11 is 0. The third-order valence-electron chi connectivity index (χ3n) is 3.39. The van der Waals surface area contributed by atoms with E-state index in [-0.39, 0.29) is 18.6 Å². The van der Waals surface area contributed by atoms with Crippen LogP contribution in [-0.2, 0) is 27.3 Å². The van der Waals surface area contributed by atoms with Gasteiger partial charge in [0.1, 0.15) is 12.6 Å². The smallest absolute Gasteiger partial charge is 0.326 e. The third kappa shape index (κ3) is 3.17. The van der Waals surface area contributed by atoms with Gasteiger partial charge >= 0.3 is 5.97 Å². The van der Waals surface area contributed by atoms with Gasteiger partial charge in [-0.25, -0.2) is 4.79 Å². The quantitative estimate of drug-likeness (QED) is 0.904. The van der Waals surface area contributed by atoms with Gasteiger partial charge in [0.25, 0.3) is 0 Å². The molecule has 0 saturated heterocycles. The third-order valence-corrected chi connectivity index (χ3v) is 3.39. The van der Waals surface area contributed by atoms with E-state index in [9.17, 15) is 14.7 Å². The second kappa shape index (κ2) is 6.05. The molecule has 0 spiro atoms. The number of nitrogens with zero attached hydrogens (tertiary/aromatic N) is 1. The molecule has 1 aliphatic heterocycles. The monoisotopic (exact) mass is 277 g/mol. The zero-order chi connectivity index (χ0) is 14.7. The van der Waals surface area contributed by atoms with Gasteiger partial charge in [0.15, 0.2) is 0 Å². The number of fused-ring (bicyclic) bond motifs is 1. The van der Waals surface area contributed by atoms with E-state index in [1.807, 2.05) is 38.1 Å². The lowest BCUT2D eigenvalue weighted by Crippen LogP contribution is -2.50. The Bertz CT molecular complexity index is 512. The predicted octanol–water partition coefficient (Wildman–Crippen LogP) is 1.45. The van der Waals surface area contributed by atoms with E-state index in [1.165, 1.54) is 4.90 Å². The van der Waals surface area contributed by atoms with Crippen LogP contribution in [0.25, 0.3) is 0 Å². The number of carboxylic acid groups (broad SMARTS) is 1. The predicted molar refractivity (Wildman–Crippen MR) is 73.2 cm³/mol. The van der Waals surface area contributed by atoms with Gasteiger partial charge in [0, 0.05) is 13.0 Å². The first-order valence-electron chi connectivity index (χ1n) is 6.69. The molecule has 1 aliphatic rings. The number of hydrogen-bond acceptors (Lipinski definition) is 3. The maximum atomic E-state index is 12.2. The molecule has 5 nitrogen and oxygen atoms in total. The minimum atomic E-state index is -0.975. The molecule has 108 valence electrons. The number of amides is 1. The fourth-order valence-electron chi connectivity index (χ4n) is 2.33. The maximum absolute atomic E-state index is 12.2. The van der Waals surface area contributed by atoms with Crippen molar-refractivity contribution >= 4 is 11.9 Å². The standard InChI is InChI=1S/C15H19NO4/c1-10(2)20-9-14(17)16-8-12-6-4-3-5-11(12)7-13(16)15(18)19/h3-6,10,13H,7-9H2,1-2H3,(H,18,19). The number of carboxylic acids is 1. The molecule has 1 unspecified atom stereocenters. The Morgan fingerprint density at radius 1 is 1.35 bits per heavy atom. The number of carbonyl (C=O) groups is 2. The average molecular weight is 277 g/mol. The summed E-state index contributed by atoms with van der Waals surface area (Å²) in [5.74, 6) is -1.25. The molecule has 1 atom stereocenters. The molecule has 1 heterocycles. The lowest BCUT2D eigenvalue weighted by molar-refractivity contribution is -0.154. The van der Waals surface area contributed by atoms with Gasteiger partial charge in [-0.1, -0.05) is 24.3 Å². The van der Waals surface area contributed by atoms with Crippen LogP contribution in [0.4, 0.5) is 0 Å². The van der Waals surface area contributed by atoms with E-state index in [4.69, 9.17) is 4.74 Å². The summed E-state index contributed by atoms with van der Waals surface area (Å²) in [5.41, 5.74) is 2.00. The highest BCUT2D eigenvalue weighted by atomic mass is 16.5. The molecule has 20 heavy (non-hydrogen) atoms. The number of benzene rings is 1. The molecular formula is C15H19NO4. The summed E-state index contributed by atoms with van der Waals surface area (Å²) in [6.45, 7) is 3.93. The minimum absolute atomic E-state index is 0.0562.